The number of esters is 1. The van der Waals surface area contributed by atoms with E-state index in [0.29, 0.717) is 36.1 Å². The van der Waals surface area contributed by atoms with E-state index in [1.807, 2.05) is 23.1 Å². The molecular weight excluding hydrogens is 436 g/mol. The SMILES string of the molecule is CCOC(=O)[C@@H]1C(=O)NC(N2CCN(c3ccccc3)CC2)=N[C@H]1c1ccc(OC)c(OC)c1. The molecule has 1 N–H and O–H groups in total. The standard InChI is InChI=1S/C25H30N4O5/c1-4-34-24(31)21-22(17-10-11-19(32-2)20(16-17)33-3)26-25(27-23(21)30)29-14-12-28(13-15-29)18-8-6-5-7-9-18/h5-11,16,21-22H,4,12-15H2,1-3H3,(H,26,27,30)/t21-,22-/m0/s1. The summed E-state index contributed by atoms with van der Waals surface area (Å²) in [5.41, 5.74) is 1.84. The topological polar surface area (TPSA) is 92.7 Å². The van der Waals surface area contributed by atoms with Crippen molar-refractivity contribution in [3.8, 4) is 11.5 Å². The molecule has 1 amide bonds. The van der Waals surface area contributed by atoms with Gasteiger partial charge in [-0.15, -0.1) is 0 Å². The van der Waals surface area contributed by atoms with Crippen LogP contribution in [0.25, 0.3) is 0 Å². The Labute approximate surface area is 199 Å². The lowest BCUT2D eigenvalue weighted by Crippen LogP contribution is -2.57. The number of benzene rings is 2. The van der Waals surface area contributed by atoms with E-state index in [1.165, 1.54) is 5.69 Å². The summed E-state index contributed by atoms with van der Waals surface area (Å²) < 4.78 is 16.0. The molecule has 0 spiro atoms. The second kappa shape index (κ2) is 10.5. The molecule has 2 aromatic rings. The molecule has 180 valence electrons. The second-order valence-corrected chi connectivity index (χ2v) is 8.04. The van der Waals surface area contributed by atoms with E-state index >= 15 is 0 Å². The fourth-order valence-electron chi connectivity index (χ4n) is 4.32. The fourth-order valence-corrected chi connectivity index (χ4v) is 4.32. The summed E-state index contributed by atoms with van der Waals surface area (Å²) in [4.78, 5) is 35.0. The minimum absolute atomic E-state index is 0.180. The van der Waals surface area contributed by atoms with Crippen molar-refractivity contribution < 1.29 is 23.8 Å². The average Bonchev–Trinajstić information content (AvgIpc) is 2.88. The summed E-state index contributed by atoms with van der Waals surface area (Å²) >= 11 is 0. The Morgan fingerprint density at radius 1 is 1.00 bits per heavy atom. The molecule has 0 bridgehead atoms. The Morgan fingerprint density at radius 3 is 2.32 bits per heavy atom. The van der Waals surface area contributed by atoms with Crippen LogP contribution in [0.15, 0.2) is 53.5 Å². The third kappa shape index (κ3) is 4.78. The van der Waals surface area contributed by atoms with Crippen molar-refractivity contribution >= 4 is 23.5 Å². The van der Waals surface area contributed by atoms with Crippen molar-refractivity contribution in [1.29, 1.82) is 0 Å². The Kier molecular flexibility index (Phi) is 7.20. The number of amides is 1. The van der Waals surface area contributed by atoms with Crippen LogP contribution < -0.4 is 19.7 Å². The molecule has 9 heteroatoms. The maximum absolute atomic E-state index is 13.1. The molecule has 0 unspecified atom stereocenters. The number of guanidine groups is 1. The van der Waals surface area contributed by atoms with E-state index in [9.17, 15) is 9.59 Å². The van der Waals surface area contributed by atoms with Crippen LogP contribution in [0, 0.1) is 5.92 Å². The fraction of sp³-hybridized carbons (Fsp3) is 0.400. The first-order valence-corrected chi connectivity index (χ1v) is 11.4. The van der Waals surface area contributed by atoms with Gasteiger partial charge in [0.2, 0.25) is 11.9 Å². The predicted molar refractivity (Wildman–Crippen MR) is 128 cm³/mol. The van der Waals surface area contributed by atoms with Gasteiger partial charge >= 0.3 is 5.97 Å². The Hall–Kier alpha value is -3.75. The van der Waals surface area contributed by atoms with Crippen molar-refractivity contribution in [2.75, 3.05) is 51.9 Å². The van der Waals surface area contributed by atoms with Crippen LogP contribution in [-0.2, 0) is 14.3 Å². The Bertz CT molecular complexity index is 1050. The van der Waals surface area contributed by atoms with Crippen LogP contribution in [0.2, 0.25) is 0 Å². The number of piperazine rings is 1. The van der Waals surface area contributed by atoms with Crippen LogP contribution >= 0.6 is 0 Å². The number of methoxy groups -OCH3 is 2. The second-order valence-electron chi connectivity index (χ2n) is 8.04. The number of hydrogen-bond donors (Lipinski definition) is 1. The van der Waals surface area contributed by atoms with Crippen LogP contribution in [0.4, 0.5) is 5.69 Å². The number of nitrogens with zero attached hydrogens (tertiary/aromatic N) is 3. The molecular formula is C25H30N4O5. The van der Waals surface area contributed by atoms with Crippen molar-refractivity contribution in [3.63, 3.8) is 0 Å². The van der Waals surface area contributed by atoms with Gasteiger partial charge in [-0.2, -0.15) is 0 Å². The number of carbonyl (C=O) groups is 2. The highest BCUT2D eigenvalue weighted by atomic mass is 16.5. The summed E-state index contributed by atoms with van der Waals surface area (Å²) in [5, 5.41) is 2.84. The van der Waals surface area contributed by atoms with Crippen LogP contribution in [0.1, 0.15) is 18.5 Å². The molecule has 2 heterocycles. The molecule has 9 nitrogen and oxygen atoms in total. The van der Waals surface area contributed by atoms with Crippen LogP contribution in [0.5, 0.6) is 11.5 Å². The molecule has 2 aromatic carbocycles. The number of carbonyl (C=O) groups excluding carboxylic acids is 2. The van der Waals surface area contributed by atoms with E-state index in [0.717, 1.165) is 13.1 Å². The van der Waals surface area contributed by atoms with E-state index in [2.05, 4.69) is 22.3 Å². The largest absolute Gasteiger partial charge is 0.493 e. The predicted octanol–water partition coefficient (Wildman–Crippen LogP) is 2.23. The summed E-state index contributed by atoms with van der Waals surface area (Å²) in [6.45, 7) is 4.86. The highest BCUT2D eigenvalue weighted by Crippen LogP contribution is 2.36. The molecule has 0 aromatic heterocycles. The highest BCUT2D eigenvalue weighted by molar-refractivity contribution is 6.08. The Morgan fingerprint density at radius 2 is 1.68 bits per heavy atom. The normalized spacial score (nSPS) is 20.3. The zero-order valence-corrected chi connectivity index (χ0v) is 19.7. The molecule has 1 saturated heterocycles. The minimum Gasteiger partial charge on any atom is -0.493 e. The molecule has 0 aliphatic carbocycles. The molecule has 1 fully saturated rings. The van der Waals surface area contributed by atoms with Crippen molar-refractivity contribution in [3.05, 3.63) is 54.1 Å². The maximum atomic E-state index is 13.1. The minimum atomic E-state index is -1.09. The van der Waals surface area contributed by atoms with Crippen LogP contribution in [-0.4, -0.2) is 69.7 Å². The van der Waals surface area contributed by atoms with Gasteiger partial charge in [-0.3, -0.25) is 14.9 Å². The van der Waals surface area contributed by atoms with Gasteiger partial charge in [0.05, 0.1) is 20.8 Å². The maximum Gasteiger partial charge on any atom is 0.321 e. The lowest BCUT2D eigenvalue weighted by molar-refractivity contribution is -0.153. The van der Waals surface area contributed by atoms with E-state index in [1.54, 1.807) is 39.3 Å². The molecule has 2 aliphatic heterocycles. The van der Waals surface area contributed by atoms with Gasteiger partial charge in [0, 0.05) is 31.9 Å². The molecule has 4 rings (SSSR count). The number of para-hydroxylation sites is 1. The van der Waals surface area contributed by atoms with Crippen molar-refractivity contribution in [2.24, 2.45) is 10.9 Å². The zero-order valence-electron chi connectivity index (χ0n) is 19.7. The zero-order chi connectivity index (χ0) is 24.1. The average molecular weight is 467 g/mol. The summed E-state index contributed by atoms with van der Waals surface area (Å²) in [6.07, 6.45) is 0. The van der Waals surface area contributed by atoms with Gasteiger partial charge < -0.3 is 24.0 Å². The van der Waals surface area contributed by atoms with Gasteiger partial charge in [-0.1, -0.05) is 24.3 Å². The van der Waals surface area contributed by atoms with Crippen molar-refractivity contribution in [1.82, 2.24) is 10.2 Å². The third-order valence-electron chi connectivity index (χ3n) is 6.08. The number of ether oxygens (including phenoxy) is 3. The van der Waals surface area contributed by atoms with Gasteiger partial charge in [0.15, 0.2) is 17.4 Å². The number of nitrogens with one attached hydrogen (secondary N) is 1. The Balaban J connectivity index is 1.61. The summed E-state index contributed by atoms with van der Waals surface area (Å²) in [6, 6.07) is 14.8. The monoisotopic (exact) mass is 466 g/mol. The first-order valence-electron chi connectivity index (χ1n) is 11.4. The van der Waals surface area contributed by atoms with E-state index in [4.69, 9.17) is 19.2 Å². The molecule has 2 atom stereocenters. The highest BCUT2D eigenvalue weighted by Gasteiger charge is 2.42. The number of rotatable bonds is 6. The van der Waals surface area contributed by atoms with E-state index < -0.39 is 23.8 Å². The number of hydrogen-bond acceptors (Lipinski definition) is 8. The van der Waals surface area contributed by atoms with Gasteiger partial charge in [-0.25, -0.2) is 4.99 Å². The molecule has 0 radical (unpaired) electrons. The lowest BCUT2D eigenvalue weighted by atomic mass is 9.91. The molecule has 0 saturated carbocycles. The third-order valence-corrected chi connectivity index (χ3v) is 6.08. The number of aliphatic imine (C=N–C) groups is 1. The lowest BCUT2D eigenvalue weighted by Gasteiger charge is -2.39. The summed E-state index contributed by atoms with van der Waals surface area (Å²) in [7, 11) is 3.09. The quantitative estimate of drug-likeness (QED) is 0.516. The smallest absolute Gasteiger partial charge is 0.321 e. The summed E-state index contributed by atoms with van der Waals surface area (Å²) in [5.74, 6) is -0.585. The number of anilines is 1. The van der Waals surface area contributed by atoms with Gasteiger partial charge in [0.1, 0.15) is 6.04 Å². The van der Waals surface area contributed by atoms with Crippen LogP contribution in [0.3, 0.4) is 0 Å². The van der Waals surface area contributed by atoms with Gasteiger partial charge in [-0.05, 0) is 36.8 Å². The van der Waals surface area contributed by atoms with Crippen molar-refractivity contribution in [2.45, 2.75) is 13.0 Å². The van der Waals surface area contributed by atoms with E-state index in [-0.39, 0.29) is 6.61 Å². The molecule has 2 aliphatic rings. The first-order chi connectivity index (χ1) is 16.5. The first kappa shape index (κ1) is 23.4. The van der Waals surface area contributed by atoms with Gasteiger partial charge in [0.25, 0.3) is 0 Å². The molecule has 34 heavy (non-hydrogen) atoms.